The normalized spacial score (nSPS) is 20.4. The average molecular weight is 320 g/mol. The van der Waals surface area contributed by atoms with Crippen molar-refractivity contribution in [3.8, 4) is 0 Å². The second kappa shape index (κ2) is 5.12. The first-order chi connectivity index (χ1) is 10.3. The maximum Gasteiger partial charge on any atom is 0.270 e. The molecule has 1 amide bonds. The summed E-state index contributed by atoms with van der Waals surface area (Å²) >= 11 is 0. The molecular weight excluding hydrogens is 300 g/mol. The Hall–Kier alpha value is -1.82. The predicted molar refractivity (Wildman–Crippen MR) is 86.8 cm³/mol. The van der Waals surface area contributed by atoms with Gasteiger partial charge in [0.15, 0.2) is 9.84 Å². The lowest BCUT2D eigenvalue weighted by molar-refractivity contribution is 0.0738. The van der Waals surface area contributed by atoms with Crippen LogP contribution in [0.4, 0.5) is 0 Å². The van der Waals surface area contributed by atoms with E-state index < -0.39 is 9.84 Å². The monoisotopic (exact) mass is 320 g/mol. The summed E-state index contributed by atoms with van der Waals surface area (Å²) in [6, 6.07) is 7.64. The van der Waals surface area contributed by atoms with E-state index in [-0.39, 0.29) is 23.5 Å². The third-order valence-corrected chi connectivity index (χ3v) is 6.35. The number of hydrogen-bond donors (Lipinski definition) is 0. The summed E-state index contributed by atoms with van der Waals surface area (Å²) in [7, 11) is 0.564. The van der Waals surface area contributed by atoms with Crippen molar-refractivity contribution in [3.05, 3.63) is 35.5 Å². The molecule has 2 aromatic rings. The van der Waals surface area contributed by atoms with Crippen LogP contribution in [0.3, 0.4) is 0 Å². The molecule has 3 rings (SSSR count). The smallest absolute Gasteiger partial charge is 0.270 e. The highest BCUT2D eigenvalue weighted by atomic mass is 32.2. The molecule has 1 atom stereocenters. The molecule has 6 heteroatoms. The van der Waals surface area contributed by atoms with Gasteiger partial charge in [0.05, 0.1) is 11.5 Å². The first-order valence-electron chi connectivity index (χ1n) is 7.33. The topological polar surface area (TPSA) is 59.4 Å². The van der Waals surface area contributed by atoms with Crippen molar-refractivity contribution < 1.29 is 13.2 Å². The summed E-state index contributed by atoms with van der Waals surface area (Å²) in [6.45, 7) is 2.02. The quantitative estimate of drug-likeness (QED) is 0.847. The summed E-state index contributed by atoms with van der Waals surface area (Å²) in [5.74, 6) is 0.113. The van der Waals surface area contributed by atoms with Crippen LogP contribution in [0.2, 0.25) is 0 Å². The number of rotatable bonds is 2. The Kier molecular flexibility index (Phi) is 3.51. The fourth-order valence-electron chi connectivity index (χ4n) is 3.14. The van der Waals surface area contributed by atoms with Crippen molar-refractivity contribution in [1.82, 2.24) is 9.47 Å². The Balaban J connectivity index is 1.96. The van der Waals surface area contributed by atoms with E-state index in [0.29, 0.717) is 12.1 Å². The van der Waals surface area contributed by atoms with E-state index in [9.17, 15) is 13.2 Å². The number of hydrogen-bond acceptors (Lipinski definition) is 3. The van der Waals surface area contributed by atoms with Gasteiger partial charge in [-0.15, -0.1) is 0 Å². The van der Waals surface area contributed by atoms with Gasteiger partial charge in [-0.05, 0) is 31.0 Å². The molecule has 1 aromatic heterocycles. The fourth-order valence-corrected chi connectivity index (χ4v) is 4.92. The van der Waals surface area contributed by atoms with Crippen molar-refractivity contribution in [2.75, 3.05) is 18.6 Å². The van der Waals surface area contributed by atoms with Gasteiger partial charge in [0, 0.05) is 31.0 Å². The number of amides is 1. The van der Waals surface area contributed by atoms with Crippen molar-refractivity contribution in [2.45, 2.75) is 19.4 Å². The number of benzene rings is 1. The number of aryl methyl sites for hydroxylation is 2. The van der Waals surface area contributed by atoms with E-state index >= 15 is 0 Å². The highest BCUT2D eigenvalue weighted by Gasteiger charge is 2.33. The van der Waals surface area contributed by atoms with Crippen molar-refractivity contribution in [2.24, 2.45) is 7.05 Å². The largest absolute Gasteiger partial charge is 0.340 e. The van der Waals surface area contributed by atoms with Crippen LogP contribution in [-0.2, 0) is 16.9 Å². The first-order valence-corrected chi connectivity index (χ1v) is 9.15. The molecule has 0 aliphatic carbocycles. The van der Waals surface area contributed by atoms with Gasteiger partial charge >= 0.3 is 0 Å². The molecule has 0 bridgehead atoms. The Morgan fingerprint density at radius 2 is 2.09 bits per heavy atom. The zero-order valence-electron chi connectivity index (χ0n) is 13.0. The number of fused-ring (bicyclic) bond motifs is 1. The van der Waals surface area contributed by atoms with Gasteiger partial charge in [-0.25, -0.2) is 8.42 Å². The first kappa shape index (κ1) is 15.1. The van der Waals surface area contributed by atoms with Crippen molar-refractivity contribution >= 4 is 26.6 Å². The molecule has 1 aliphatic rings. The molecule has 0 spiro atoms. The van der Waals surface area contributed by atoms with Gasteiger partial charge in [0.1, 0.15) is 5.69 Å². The van der Waals surface area contributed by atoms with Crippen LogP contribution in [0.15, 0.2) is 24.3 Å². The summed E-state index contributed by atoms with van der Waals surface area (Å²) in [4.78, 5) is 14.3. The van der Waals surface area contributed by atoms with E-state index in [1.54, 1.807) is 11.9 Å². The average Bonchev–Trinajstić information content (AvgIpc) is 2.99. The van der Waals surface area contributed by atoms with Crippen LogP contribution in [0.5, 0.6) is 0 Å². The molecule has 0 N–H and O–H groups in total. The standard InChI is InChI=1S/C16H20N2O3S/c1-11-5-4-6-14-13(11)9-15(18(14)3)16(19)17(2)12-7-8-22(20,21)10-12/h4-6,9,12H,7-8,10H2,1-3H3. The molecule has 5 nitrogen and oxygen atoms in total. The lowest BCUT2D eigenvalue weighted by Crippen LogP contribution is -2.38. The van der Waals surface area contributed by atoms with Crippen molar-refractivity contribution in [3.63, 3.8) is 0 Å². The molecule has 1 aromatic carbocycles. The van der Waals surface area contributed by atoms with Gasteiger partial charge in [-0.3, -0.25) is 4.79 Å². The summed E-state index contributed by atoms with van der Waals surface area (Å²) in [6.07, 6.45) is 0.521. The minimum atomic E-state index is -3.00. The Morgan fingerprint density at radius 3 is 2.68 bits per heavy atom. The van der Waals surface area contributed by atoms with E-state index in [4.69, 9.17) is 0 Å². The molecule has 0 radical (unpaired) electrons. The fraction of sp³-hybridized carbons (Fsp3) is 0.438. The zero-order chi connectivity index (χ0) is 16.1. The number of carbonyl (C=O) groups is 1. The molecule has 2 heterocycles. The Morgan fingerprint density at radius 1 is 1.36 bits per heavy atom. The summed E-state index contributed by atoms with van der Waals surface area (Å²) in [5, 5.41) is 1.06. The van der Waals surface area contributed by atoms with Crippen molar-refractivity contribution in [1.29, 1.82) is 0 Å². The van der Waals surface area contributed by atoms with E-state index in [1.165, 1.54) is 0 Å². The Labute approximate surface area is 130 Å². The lowest BCUT2D eigenvalue weighted by Gasteiger charge is -2.23. The molecule has 0 saturated carbocycles. The maximum atomic E-state index is 12.8. The van der Waals surface area contributed by atoms with Crippen LogP contribution in [0, 0.1) is 6.92 Å². The summed E-state index contributed by atoms with van der Waals surface area (Å²) < 4.78 is 25.1. The highest BCUT2D eigenvalue weighted by Crippen LogP contribution is 2.24. The van der Waals surface area contributed by atoms with Crippen LogP contribution in [0.1, 0.15) is 22.5 Å². The molecule has 118 valence electrons. The number of sulfone groups is 1. The Bertz CT molecular complexity index is 852. The van der Waals surface area contributed by atoms with E-state index in [2.05, 4.69) is 0 Å². The van der Waals surface area contributed by atoms with Gasteiger partial charge in [-0.2, -0.15) is 0 Å². The third-order valence-electron chi connectivity index (χ3n) is 4.60. The number of aromatic nitrogens is 1. The number of carbonyl (C=O) groups excluding carboxylic acids is 1. The van der Waals surface area contributed by atoms with Gasteiger partial charge < -0.3 is 9.47 Å². The van der Waals surface area contributed by atoms with Gasteiger partial charge in [0.25, 0.3) is 5.91 Å². The van der Waals surface area contributed by atoms with Crippen LogP contribution < -0.4 is 0 Å². The van der Waals surface area contributed by atoms with Gasteiger partial charge in [0.2, 0.25) is 0 Å². The number of nitrogens with zero attached hydrogens (tertiary/aromatic N) is 2. The second-order valence-corrected chi connectivity index (χ2v) is 8.30. The lowest BCUT2D eigenvalue weighted by atomic mass is 10.1. The molecule has 1 aliphatic heterocycles. The zero-order valence-corrected chi connectivity index (χ0v) is 13.9. The van der Waals surface area contributed by atoms with Crippen LogP contribution in [-0.4, -0.2) is 48.4 Å². The summed E-state index contributed by atoms with van der Waals surface area (Å²) in [5.41, 5.74) is 2.73. The third kappa shape index (κ3) is 2.41. The molecule has 1 saturated heterocycles. The molecule has 1 fully saturated rings. The highest BCUT2D eigenvalue weighted by molar-refractivity contribution is 7.91. The minimum Gasteiger partial charge on any atom is -0.340 e. The molecular formula is C16H20N2O3S. The SMILES string of the molecule is Cc1cccc2c1cc(C(=O)N(C)C1CCS(=O)(=O)C1)n2C. The minimum absolute atomic E-state index is 0.0677. The van der Waals surface area contributed by atoms with E-state index in [1.807, 2.05) is 42.8 Å². The molecule has 22 heavy (non-hydrogen) atoms. The predicted octanol–water partition coefficient (Wildman–Crippen LogP) is 1.75. The van der Waals surface area contributed by atoms with Crippen LogP contribution >= 0.6 is 0 Å². The van der Waals surface area contributed by atoms with E-state index in [0.717, 1.165) is 16.5 Å². The van der Waals surface area contributed by atoms with Crippen LogP contribution in [0.25, 0.3) is 10.9 Å². The van der Waals surface area contributed by atoms with Gasteiger partial charge in [-0.1, -0.05) is 12.1 Å². The molecule has 1 unspecified atom stereocenters. The maximum absolute atomic E-state index is 12.8. The second-order valence-electron chi connectivity index (χ2n) is 6.07.